The van der Waals surface area contributed by atoms with Crippen LogP contribution in [0.25, 0.3) is 0 Å². The molecule has 0 unspecified atom stereocenters. The van der Waals surface area contributed by atoms with Gasteiger partial charge in [0.2, 0.25) is 0 Å². The summed E-state index contributed by atoms with van der Waals surface area (Å²) in [7, 11) is -1.29. The zero-order valence-corrected chi connectivity index (χ0v) is 24.6. The molecule has 0 heterocycles. The first-order valence-corrected chi connectivity index (χ1v) is 14.1. The highest BCUT2D eigenvalue weighted by Gasteiger charge is 2.29. The second-order valence-electron chi connectivity index (χ2n) is 8.07. The minimum absolute atomic E-state index is 0.00198. The Balaban J connectivity index is 1.88. The van der Waals surface area contributed by atoms with Gasteiger partial charge in [-0.1, -0.05) is 42.0 Å². The number of hydrogen-bond acceptors (Lipinski definition) is 7. The molecule has 0 fully saturated rings. The maximum absolute atomic E-state index is 13.6. The van der Waals surface area contributed by atoms with Crippen molar-refractivity contribution in [1.29, 1.82) is 0 Å². The molecule has 0 atom stereocenters. The van der Waals surface area contributed by atoms with Crippen molar-refractivity contribution in [3.05, 3.63) is 87.9 Å². The Morgan fingerprint density at radius 2 is 1.79 bits per heavy atom. The summed E-state index contributed by atoms with van der Waals surface area (Å²) in [5.74, 6) is 0.469. The van der Waals surface area contributed by atoms with Crippen LogP contribution in [0.2, 0.25) is 5.02 Å². The molecule has 0 saturated heterocycles. The fraction of sp³-hybridized carbons (Fsp3) is 0.185. The maximum atomic E-state index is 13.6. The minimum Gasteiger partial charge on any atom is -0.495 e. The van der Waals surface area contributed by atoms with Crippen molar-refractivity contribution in [1.82, 2.24) is 5.43 Å². The predicted molar refractivity (Wildman–Crippen MR) is 156 cm³/mol. The lowest BCUT2D eigenvalue weighted by Crippen LogP contribution is -2.39. The van der Waals surface area contributed by atoms with Crippen molar-refractivity contribution in [3.63, 3.8) is 0 Å². The van der Waals surface area contributed by atoms with Crippen LogP contribution in [0.5, 0.6) is 17.2 Å². The van der Waals surface area contributed by atoms with Crippen molar-refractivity contribution in [2.24, 2.45) is 5.10 Å². The molecule has 0 saturated carbocycles. The summed E-state index contributed by atoms with van der Waals surface area (Å²) in [5.41, 5.74) is 3.95. The number of anilines is 1. The molecule has 0 aliphatic heterocycles. The van der Waals surface area contributed by atoms with Crippen LogP contribution in [0.15, 0.2) is 81.7 Å². The van der Waals surface area contributed by atoms with Crippen LogP contribution in [0.1, 0.15) is 11.1 Å². The number of aryl methyl sites for hydroxylation is 1. The molecule has 9 nitrogen and oxygen atoms in total. The monoisotopic (exact) mass is 635 g/mol. The first-order valence-electron chi connectivity index (χ1n) is 11.5. The van der Waals surface area contributed by atoms with Crippen LogP contribution in [-0.2, 0) is 14.8 Å². The number of carbonyl (C=O) groups is 1. The highest BCUT2D eigenvalue weighted by Crippen LogP contribution is 2.37. The standard InChI is InChI=1S/C27H27BrClN3O6S/c1-5-12-38-27-22(28)13-19(14-25(27)37-4)16-30-31-26(33)17-32(23-15-20(29)8-11-24(23)36-3)39(34,35)21-9-6-18(2)7-10-21/h5-11,13-16H,1,12,17H2,2-4H3,(H,31,33)/b30-16-. The number of hydrogen-bond donors (Lipinski definition) is 1. The summed E-state index contributed by atoms with van der Waals surface area (Å²) in [4.78, 5) is 12.9. The molecular formula is C27H27BrClN3O6S. The molecule has 0 radical (unpaired) electrons. The summed E-state index contributed by atoms with van der Waals surface area (Å²) in [5, 5.41) is 4.26. The highest BCUT2D eigenvalue weighted by molar-refractivity contribution is 9.10. The molecule has 0 bridgehead atoms. The number of carbonyl (C=O) groups excluding carboxylic acids is 1. The van der Waals surface area contributed by atoms with E-state index in [1.807, 2.05) is 6.92 Å². The number of rotatable bonds is 12. The van der Waals surface area contributed by atoms with Gasteiger partial charge in [-0.3, -0.25) is 9.10 Å². The van der Waals surface area contributed by atoms with Crippen molar-refractivity contribution in [3.8, 4) is 17.2 Å². The molecule has 0 aromatic heterocycles. The Labute approximate surface area is 241 Å². The molecule has 3 rings (SSSR count). The Kier molecular flexibility index (Phi) is 10.4. The largest absolute Gasteiger partial charge is 0.495 e. The molecule has 3 aromatic rings. The number of benzene rings is 3. The molecule has 0 aliphatic rings. The number of sulfonamides is 1. The summed E-state index contributed by atoms with van der Waals surface area (Å²) < 4.78 is 45.2. The number of amides is 1. The minimum atomic E-state index is -4.18. The van der Waals surface area contributed by atoms with E-state index in [0.717, 1.165) is 9.87 Å². The molecule has 1 amide bonds. The topological polar surface area (TPSA) is 107 Å². The third-order valence-electron chi connectivity index (χ3n) is 5.31. The Hall–Kier alpha value is -3.54. The van der Waals surface area contributed by atoms with E-state index in [2.05, 4.69) is 33.0 Å². The molecular weight excluding hydrogens is 610 g/mol. The van der Waals surface area contributed by atoms with E-state index in [1.54, 1.807) is 36.4 Å². The summed E-state index contributed by atoms with van der Waals surface area (Å²) in [6.45, 7) is 5.17. The number of nitrogens with one attached hydrogen (secondary N) is 1. The molecule has 1 N–H and O–H groups in total. The first kappa shape index (κ1) is 30.0. The van der Waals surface area contributed by atoms with Gasteiger partial charge >= 0.3 is 0 Å². The number of ether oxygens (including phenoxy) is 3. The molecule has 39 heavy (non-hydrogen) atoms. The van der Waals surface area contributed by atoms with E-state index in [1.165, 1.54) is 44.7 Å². The van der Waals surface area contributed by atoms with Crippen LogP contribution >= 0.6 is 27.5 Å². The number of methoxy groups -OCH3 is 2. The van der Waals surface area contributed by atoms with E-state index in [4.69, 9.17) is 25.8 Å². The third-order valence-corrected chi connectivity index (χ3v) is 7.90. The number of nitrogens with zero attached hydrogens (tertiary/aromatic N) is 2. The van der Waals surface area contributed by atoms with E-state index in [9.17, 15) is 13.2 Å². The third kappa shape index (κ3) is 7.53. The molecule has 0 aliphatic carbocycles. The van der Waals surface area contributed by atoms with E-state index in [0.29, 0.717) is 21.5 Å². The highest BCUT2D eigenvalue weighted by atomic mass is 79.9. The second-order valence-corrected chi connectivity index (χ2v) is 11.2. The predicted octanol–water partition coefficient (Wildman–Crippen LogP) is 5.34. The molecule has 206 valence electrons. The number of hydrazone groups is 1. The van der Waals surface area contributed by atoms with Gasteiger partial charge in [0.05, 0.1) is 35.5 Å². The van der Waals surface area contributed by atoms with Crippen LogP contribution in [-0.4, -0.2) is 47.9 Å². The van der Waals surface area contributed by atoms with Crippen molar-refractivity contribution < 1.29 is 27.4 Å². The van der Waals surface area contributed by atoms with Gasteiger partial charge < -0.3 is 14.2 Å². The quantitative estimate of drug-likeness (QED) is 0.164. The normalized spacial score (nSPS) is 11.2. The second kappa shape index (κ2) is 13.5. The van der Waals surface area contributed by atoms with Gasteiger partial charge in [0.1, 0.15) is 18.9 Å². The average Bonchev–Trinajstić information content (AvgIpc) is 2.91. The van der Waals surface area contributed by atoms with E-state index < -0.39 is 22.5 Å². The average molecular weight is 637 g/mol. The molecule has 12 heteroatoms. The van der Waals surface area contributed by atoms with Gasteiger partial charge in [-0.05, 0) is 70.9 Å². The van der Waals surface area contributed by atoms with Crippen molar-refractivity contribution in [2.45, 2.75) is 11.8 Å². The lowest BCUT2D eigenvalue weighted by atomic mass is 10.2. The molecule has 3 aromatic carbocycles. The smallest absolute Gasteiger partial charge is 0.264 e. The van der Waals surface area contributed by atoms with Crippen LogP contribution < -0.4 is 23.9 Å². The Morgan fingerprint density at radius 3 is 2.44 bits per heavy atom. The van der Waals surface area contributed by atoms with E-state index in [-0.39, 0.29) is 28.0 Å². The Morgan fingerprint density at radius 1 is 1.10 bits per heavy atom. The van der Waals surface area contributed by atoms with Gasteiger partial charge in [-0.15, -0.1) is 0 Å². The zero-order valence-electron chi connectivity index (χ0n) is 21.5. The summed E-state index contributed by atoms with van der Waals surface area (Å²) >= 11 is 9.60. The van der Waals surface area contributed by atoms with Gasteiger partial charge in [-0.2, -0.15) is 5.10 Å². The van der Waals surface area contributed by atoms with Crippen LogP contribution in [0.3, 0.4) is 0 Å². The lowest BCUT2D eigenvalue weighted by Gasteiger charge is -2.25. The van der Waals surface area contributed by atoms with Gasteiger partial charge in [-0.25, -0.2) is 13.8 Å². The van der Waals surface area contributed by atoms with Gasteiger partial charge in [0.25, 0.3) is 15.9 Å². The summed E-state index contributed by atoms with van der Waals surface area (Å²) in [6, 6.07) is 14.2. The van der Waals surface area contributed by atoms with Crippen LogP contribution in [0.4, 0.5) is 5.69 Å². The first-order chi connectivity index (χ1) is 18.6. The van der Waals surface area contributed by atoms with E-state index >= 15 is 0 Å². The van der Waals surface area contributed by atoms with Crippen LogP contribution in [0, 0.1) is 6.92 Å². The number of halogens is 2. The fourth-order valence-electron chi connectivity index (χ4n) is 3.44. The molecule has 0 spiro atoms. The lowest BCUT2D eigenvalue weighted by molar-refractivity contribution is -0.119. The van der Waals surface area contributed by atoms with Crippen molar-refractivity contribution >= 4 is 55.4 Å². The van der Waals surface area contributed by atoms with Gasteiger partial charge in [0.15, 0.2) is 11.5 Å². The maximum Gasteiger partial charge on any atom is 0.264 e. The summed E-state index contributed by atoms with van der Waals surface area (Å²) in [6.07, 6.45) is 3.00. The van der Waals surface area contributed by atoms with Gasteiger partial charge in [0, 0.05) is 5.02 Å². The SMILES string of the molecule is C=CCOc1c(Br)cc(/C=N\NC(=O)CN(c2cc(Cl)ccc2OC)S(=O)(=O)c2ccc(C)cc2)cc1OC. The zero-order chi connectivity index (χ0) is 28.6. The fourth-order valence-corrected chi connectivity index (χ4v) is 5.60. The Bertz CT molecular complexity index is 1480. The van der Waals surface area contributed by atoms with Crippen molar-refractivity contribution in [2.75, 3.05) is 31.7 Å².